The summed E-state index contributed by atoms with van der Waals surface area (Å²) in [6, 6.07) is 8.70. The Morgan fingerprint density at radius 2 is 1.62 bits per heavy atom. The van der Waals surface area contributed by atoms with E-state index in [1.165, 1.54) is 5.69 Å². The van der Waals surface area contributed by atoms with Crippen LogP contribution in [0, 0.1) is 0 Å². The Bertz CT molecular complexity index is 567. The van der Waals surface area contributed by atoms with E-state index in [0.29, 0.717) is 6.04 Å². The summed E-state index contributed by atoms with van der Waals surface area (Å²) in [6.45, 7) is 7.71. The number of carbonyl (C=O) groups is 1. The minimum absolute atomic E-state index is 0.143. The quantitative estimate of drug-likeness (QED) is 0.859. The summed E-state index contributed by atoms with van der Waals surface area (Å²) in [6.07, 6.45) is 4.05. The number of anilines is 2. The van der Waals surface area contributed by atoms with Gasteiger partial charge in [-0.1, -0.05) is 0 Å². The van der Waals surface area contributed by atoms with Crippen molar-refractivity contribution in [3.8, 4) is 0 Å². The van der Waals surface area contributed by atoms with E-state index in [1.54, 1.807) is 0 Å². The second kappa shape index (κ2) is 6.54. The maximum absolute atomic E-state index is 12.6. The third-order valence-electron chi connectivity index (χ3n) is 4.66. The lowest BCUT2D eigenvalue weighted by molar-refractivity contribution is 0.0114. The van der Waals surface area contributed by atoms with Crippen LogP contribution in [0.15, 0.2) is 24.3 Å². The lowest BCUT2D eigenvalue weighted by atomic mass is 10.0. The van der Waals surface area contributed by atoms with Gasteiger partial charge in [0.1, 0.15) is 5.60 Å². The van der Waals surface area contributed by atoms with Crippen molar-refractivity contribution >= 4 is 17.5 Å². The van der Waals surface area contributed by atoms with Gasteiger partial charge >= 0.3 is 6.09 Å². The van der Waals surface area contributed by atoms with Crippen LogP contribution in [0.2, 0.25) is 0 Å². The average Bonchev–Trinajstić information content (AvgIpc) is 3.32. The number of amides is 1. The largest absolute Gasteiger partial charge is 0.444 e. The van der Waals surface area contributed by atoms with Crippen LogP contribution < -0.4 is 10.6 Å². The topological polar surface area (TPSA) is 58.8 Å². The molecule has 1 aliphatic heterocycles. The van der Waals surface area contributed by atoms with Crippen molar-refractivity contribution in [2.75, 3.05) is 23.7 Å². The van der Waals surface area contributed by atoms with Gasteiger partial charge in [-0.3, -0.25) is 0 Å². The second-order valence-corrected chi connectivity index (χ2v) is 7.93. The molecule has 1 saturated heterocycles. The van der Waals surface area contributed by atoms with Crippen molar-refractivity contribution < 1.29 is 9.53 Å². The first kappa shape index (κ1) is 16.9. The molecule has 5 nitrogen and oxygen atoms in total. The number of hydrogen-bond acceptors (Lipinski definition) is 4. The zero-order valence-corrected chi connectivity index (χ0v) is 15.0. The number of nitrogen functional groups attached to an aromatic ring is 1. The summed E-state index contributed by atoms with van der Waals surface area (Å²) in [7, 11) is 0. The molecule has 5 heteroatoms. The standard InChI is InChI=1S/C19H29N3O2/c1-19(2,3)24-18(23)22(16-8-9-16)17-10-12-21(13-11-17)15-6-4-14(20)5-7-15/h4-7,16-17H,8-13,20H2,1-3H3. The van der Waals surface area contributed by atoms with Crippen molar-refractivity contribution in [3.05, 3.63) is 24.3 Å². The van der Waals surface area contributed by atoms with E-state index in [0.717, 1.165) is 44.5 Å². The van der Waals surface area contributed by atoms with Gasteiger partial charge in [-0.2, -0.15) is 0 Å². The molecular weight excluding hydrogens is 302 g/mol. The van der Waals surface area contributed by atoms with Gasteiger partial charge in [-0.25, -0.2) is 4.79 Å². The van der Waals surface area contributed by atoms with Gasteiger partial charge < -0.3 is 20.3 Å². The fourth-order valence-corrected chi connectivity index (χ4v) is 3.35. The van der Waals surface area contributed by atoms with Crippen molar-refractivity contribution in [1.29, 1.82) is 0 Å². The molecule has 1 aromatic carbocycles. The average molecular weight is 331 g/mol. The molecule has 0 atom stereocenters. The predicted molar refractivity (Wildman–Crippen MR) is 97.2 cm³/mol. The number of nitrogens with two attached hydrogens (primary N) is 1. The van der Waals surface area contributed by atoms with E-state index in [9.17, 15) is 4.79 Å². The van der Waals surface area contributed by atoms with Crippen molar-refractivity contribution in [2.24, 2.45) is 0 Å². The Hall–Kier alpha value is -1.91. The lowest BCUT2D eigenvalue weighted by Crippen LogP contribution is -2.50. The molecule has 1 saturated carbocycles. The van der Waals surface area contributed by atoms with E-state index in [2.05, 4.69) is 17.0 Å². The highest BCUT2D eigenvalue weighted by Gasteiger charge is 2.40. The summed E-state index contributed by atoms with van der Waals surface area (Å²) < 4.78 is 5.64. The molecule has 1 aliphatic carbocycles. The molecule has 0 bridgehead atoms. The number of rotatable bonds is 3. The molecule has 0 aromatic heterocycles. The summed E-state index contributed by atoms with van der Waals surface area (Å²) >= 11 is 0. The summed E-state index contributed by atoms with van der Waals surface area (Å²) in [5.74, 6) is 0. The molecule has 0 unspecified atom stereocenters. The first-order valence-electron chi connectivity index (χ1n) is 8.95. The molecule has 3 rings (SSSR count). The third-order valence-corrected chi connectivity index (χ3v) is 4.66. The van der Waals surface area contributed by atoms with E-state index < -0.39 is 5.60 Å². The minimum atomic E-state index is -0.436. The molecule has 2 fully saturated rings. The number of carbonyl (C=O) groups excluding carboxylic acids is 1. The number of nitrogens with zero attached hydrogens (tertiary/aromatic N) is 2. The number of benzene rings is 1. The monoisotopic (exact) mass is 331 g/mol. The Morgan fingerprint density at radius 3 is 2.12 bits per heavy atom. The van der Waals surface area contributed by atoms with Gasteiger partial charge in [0.2, 0.25) is 0 Å². The first-order valence-corrected chi connectivity index (χ1v) is 8.95. The van der Waals surface area contributed by atoms with Gasteiger partial charge in [0.25, 0.3) is 0 Å². The molecule has 1 aromatic rings. The fraction of sp³-hybridized carbons (Fsp3) is 0.632. The predicted octanol–water partition coefficient (Wildman–Crippen LogP) is 3.64. The van der Waals surface area contributed by atoms with Crippen LogP contribution in [0.3, 0.4) is 0 Å². The minimum Gasteiger partial charge on any atom is -0.444 e. The molecule has 2 N–H and O–H groups in total. The number of hydrogen-bond donors (Lipinski definition) is 1. The highest BCUT2D eigenvalue weighted by Crippen LogP contribution is 2.34. The summed E-state index contributed by atoms with van der Waals surface area (Å²) in [5, 5.41) is 0. The van der Waals surface area contributed by atoms with E-state index in [-0.39, 0.29) is 12.1 Å². The Balaban J connectivity index is 1.61. The normalized spacial score (nSPS) is 19.2. The molecule has 132 valence electrons. The smallest absolute Gasteiger partial charge is 0.410 e. The highest BCUT2D eigenvalue weighted by atomic mass is 16.6. The van der Waals surface area contributed by atoms with Crippen molar-refractivity contribution in [1.82, 2.24) is 4.90 Å². The zero-order valence-electron chi connectivity index (χ0n) is 15.0. The van der Waals surface area contributed by atoms with E-state index >= 15 is 0 Å². The maximum atomic E-state index is 12.6. The van der Waals surface area contributed by atoms with Crippen LogP contribution in [0.25, 0.3) is 0 Å². The SMILES string of the molecule is CC(C)(C)OC(=O)N(C1CC1)C1CCN(c2ccc(N)cc2)CC1. The molecule has 0 radical (unpaired) electrons. The third kappa shape index (κ3) is 4.13. The Morgan fingerprint density at radius 1 is 1.08 bits per heavy atom. The van der Waals surface area contributed by atoms with Gasteiger partial charge in [0.15, 0.2) is 0 Å². The van der Waals surface area contributed by atoms with Crippen LogP contribution in [0.1, 0.15) is 46.5 Å². The van der Waals surface area contributed by atoms with Crippen LogP contribution >= 0.6 is 0 Å². The molecule has 0 spiro atoms. The fourth-order valence-electron chi connectivity index (χ4n) is 3.35. The van der Waals surface area contributed by atoms with Gasteiger partial charge in [0.05, 0.1) is 0 Å². The van der Waals surface area contributed by atoms with Crippen molar-refractivity contribution in [3.63, 3.8) is 0 Å². The zero-order chi connectivity index (χ0) is 17.3. The molecular formula is C19H29N3O2. The van der Waals surface area contributed by atoms with Gasteiger partial charge in [-0.05, 0) is 70.7 Å². The maximum Gasteiger partial charge on any atom is 0.410 e. The Labute approximate surface area is 144 Å². The van der Waals surface area contributed by atoms with E-state index in [1.807, 2.05) is 37.8 Å². The van der Waals surface area contributed by atoms with Gasteiger partial charge in [0, 0.05) is 36.5 Å². The number of ether oxygens (including phenoxy) is 1. The van der Waals surface area contributed by atoms with Crippen LogP contribution in [0.4, 0.5) is 16.2 Å². The first-order chi connectivity index (χ1) is 11.3. The summed E-state index contributed by atoms with van der Waals surface area (Å²) in [5.41, 5.74) is 7.33. The van der Waals surface area contributed by atoms with Gasteiger partial charge in [-0.15, -0.1) is 0 Å². The Kier molecular flexibility index (Phi) is 4.61. The van der Waals surface area contributed by atoms with Crippen LogP contribution in [0.5, 0.6) is 0 Å². The van der Waals surface area contributed by atoms with E-state index in [4.69, 9.17) is 10.5 Å². The molecule has 24 heavy (non-hydrogen) atoms. The number of piperidine rings is 1. The second-order valence-electron chi connectivity index (χ2n) is 7.93. The molecule has 1 heterocycles. The summed E-state index contributed by atoms with van der Waals surface area (Å²) in [4.78, 5) is 17.0. The lowest BCUT2D eigenvalue weighted by Gasteiger charge is -2.40. The van der Waals surface area contributed by atoms with Crippen molar-refractivity contribution in [2.45, 2.75) is 64.1 Å². The molecule has 1 amide bonds. The van der Waals surface area contributed by atoms with Crippen LogP contribution in [-0.4, -0.2) is 41.8 Å². The highest BCUT2D eigenvalue weighted by molar-refractivity contribution is 5.69. The van der Waals surface area contributed by atoms with Crippen LogP contribution in [-0.2, 0) is 4.74 Å². The molecule has 2 aliphatic rings.